The van der Waals surface area contributed by atoms with Crippen LogP contribution in [0.3, 0.4) is 0 Å². The topological polar surface area (TPSA) is 101 Å². The lowest BCUT2D eigenvalue weighted by Crippen LogP contribution is -2.39. The number of carbonyl (C=O) groups excluding carboxylic acids is 2. The molecular formula is C32H46N6O4. The Kier molecular flexibility index (Phi) is 9.76. The molecule has 1 aliphatic rings. The Hall–Kier alpha value is -3.66. The van der Waals surface area contributed by atoms with Crippen LogP contribution < -0.4 is 5.32 Å². The SMILES string of the molecule is CN(Cc1nc2ccccn2c1CN(CCCNC(=O)OC(C)(C)C)C(=O)OC(C)(C)C)C1CCCc2cccnc21. The molecule has 0 aromatic carbocycles. The number of fused-ring (bicyclic) bond motifs is 2. The van der Waals surface area contributed by atoms with Crippen LogP contribution in [0.1, 0.15) is 89.5 Å². The molecule has 1 N–H and O–H groups in total. The molecule has 0 radical (unpaired) electrons. The number of aromatic nitrogens is 3. The van der Waals surface area contributed by atoms with Crippen molar-refractivity contribution in [3.63, 3.8) is 0 Å². The summed E-state index contributed by atoms with van der Waals surface area (Å²) in [6.45, 7) is 12.7. The number of nitrogens with one attached hydrogen (secondary N) is 1. The maximum atomic E-state index is 13.4. The molecule has 1 aliphatic carbocycles. The summed E-state index contributed by atoms with van der Waals surface area (Å²) in [4.78, 5) is 39.3. The van der Waals surface area contributed by atoms with Gasteiger partial charge in [-0.05, 0) is 98.0 Å². The lowest BCUT2D eigenvalue weighted by atomic mass is 9.91. The third kappa shape index (κ3) is 8.44. The molecule has 0 saturated carbocycles. The van der Waals surface area contributed by atoms with Crippen LogP contribution >= 0.6 is 0 Å². The van der Waals surface area contributed by atoms with Gasteiger partial charge in [0.05, 0.1) is 29.7 Å². The van der Waals surface area contributed by atoms with Gasteiger partial charge in [0.1, 0.15) is 16.8 Å². The quantitative estimate of drug-likeness (QED) is 0.316. The molecule has 3 heterocycles. The Morgan fingerprint density at radius 1 is 1.05 bits per heavy atom. The third-order valence-electron chi connectivity index (χ3n) is 7.07. The van der Waals surface area contributed by atoms with Crippen molar-refractivity contribution < 1.29 is 19.1 Å². The minimum Gasteiger partial charge on any atom is -0.444 e. The minimum atomic E-state index is -0.645. The van der Waals surface area contributed by atoms with E-state index in [1.54, 1.807) is 4.90 Å². The van der Waals surface area contributed by atoms with Gasteiger partial charge in [0, 0.05) is 32.0 Å². The molecule has 2 amide bonds. The van der Waals surface area contributed by atoms with Gasteiger partial charge in [-0.1, -0.05) is 12.1 Å². The zero-order chi connectivity index (χ0) is 30.5. The number of carbonyl (C=O) groups is 2. The summed E-state index contributed by atoms with van der Waals surface area (Å²) in [6.07, 6.45) is 6.73. The van der Waals surface area contributed by atoms with Gasteiger partial charge in [-0.2, -0.15) is 0 Å². The average molecular weight is 579 g/mol. The number of hydrogen-bond donors (Lipinski definition) is 1. The molecule has 0 fully saturated rings. The van der Waals surface area contributed by atoms with Crippen LogP contribution in [0.25, 0.3) is 5.65 Å². The first kappa shape index (κ1) is 31.3. The Morgan fingerprint density at radius 2 is 1.81 bits per heavy atom. The summed E-state index contributed by atoms with van der Waals surface area (Å²) in [5.74, 6) is 0. The maximum Gasteiger partial charge on any atom is 0.410 e. The van der Waals surface area contributed by atoms with Gasteiger partial charge < -0.3 is 24.1 Å². The van der Waals surface area contributed by atoms with E-state index in [0.717, 1.165) is 42.0 Å². The number of rotatable bonds is 9. The van der Waals surface area contributed by atoms with Crippen LogP contribution in [0.4, 0.5) is 9.59 Å². The fourth-order valence-corrected chi connectivity index (χ4v) is 5.27. The van der Waals surface area contributed by atoms with Crippen LogP contribution in [0, 0.1) is 0 Å². The first-order chi connectivity index (χ1) is 19.8. The molecule has 10 nitrogen and oxygen atoms in total. The molecule has 0 bridgehead atoms. The number of imidazole rings is 1. The van der Waals surface area contributed by atoms with Crippen molar-refractivity contribution >= 4 is 17.8 Å². The van der Waals surface area contributed by atoms with Crippen LogP contribution in [-0.4, -0.2) is 67.7 Å². The van der Waals surface area contributed by atoms with Crippen molar-refractivity contribution in [1.82, 2.24) is 29.5 Å². The van der Waals surface area contributed by atoms with E-state index >= 15 is 0 Å². The van der Waals surface area contributed by atoms with Gasteiger partial charge in [0.15, 0.2) is 0 Å². The highest BCUT2D eigenvalue weighted by Gasteiger charge is 2.28. The van der Waals surface area contributed by atoms with E-state index in [1.165, 1.54) is 5.56 Å². The van der Waals surface area contributed by atoms with Gasteiger partial charge in [-0.25, -0.2) is 14.6 Å². The molecule has 4 rings (SSSR count). The van der Waals surface area contributed by atoms with Crippen molar-refractivity contribution in [1.29, 1.82) is 0 Å². The van der Waals surface area contributed by atoms with E-state index in [-0.39, 0.29) is 6.04 Å². The highest BCUT2D eigenvalue weighted by atomic mass is 16.6. The Bertz CT molecular complexity index is 1370. The number of ether oxygens (including phenoxy) is 2. The van der Waals surface area contributed by atoms with E-state index in [9.17, 15) is 9.59 Å². The molecule has 10 heteroatoms. The Labute approximate surface area is 249 Å². The van der Waals surface area contributed by atoms with E-state index in [2.05, 4.69) is 23.3 Å². The Balaban J connectivity index is 1.55. The lowest BCUT2D eigenvalue weighted by molar-refractivity contribution is 0.0227. The van der Waals surface area contributed by atoms with Crippen molar-refractivity contribution in [3.8, 4) is 0 Å². The van der Waals surface area contributed by atoms with Gasteiger partial charge in [0.2, 0.25) is 0 Å². The number of hydrogen-bond acceptors (Lipinski definition) is 7. The van der Waals surface area contributed by atoms with Gasteiger partial charge in [-0.3, -0.25) is 9.88 Å². The summed E-state index contributed by atoms with van der Waals surface area (Å²) in [7, 11) is 2.12. The van der Waals surface area contributed by atoms with Crippen LogP contribution in [0.2, 0.25) is 0 Å². The van der Waals surface area contributed by atoms with Crippen LogP contribution in [0.5, 0.6) is 0 Å². The van der Waals surface area contributed by atoms with Crippen molar-refractivity contribution in [2.75, 3.05) is 20.1 Å². The molecule has 228 valence electrons. The summed E-state index contributed by atoms with van der Waals surface area (Å²) in [5.41, 5.74) is 3.90. The first-order valence-electron chi connectivity index (χ1n) is 14.8. The molecule has 0 aliphatic heterocycles. The lowest BCUT2D eigenvalue weighted by Gasteiger charge is -2.32. The predicted octanol–water partition coefficient (Wildman–Crippen LogP) is 5.89. The highest BCUT2D eigenvalue weighted by molar-refractivity contribution is 5.68. The van der Waals surface area contributed by atoms with E-state index in [0.29, 0.717) is 32.6 Å². The maximum absolute atomic E-state index is 13.4. The second kappa shape index (κ2) is 13.1. The minimum absolute atomic E-state index is 0.202. The van der Waals surface area contributed by atoms with Gasteiger partial charge in [0.25, 0.3) is 0 Å². The summed E-state index contributed by atoms with van der Waals surface area (Å²) in [5, 5.41) is 2.78. The molecule has 0 spiro atoms. The first-order valence-corrected chi connectivity index (χ1v) is 14.8. The van der Waals surface area contributed by atoms with Crippen LogP contribution in [-0.2, 0) is 29.0 Å². The summed E-state index contributed by atoms with van der Waals surface area (Å²) < 4.78 is 13.2. The van der Waals surface area contributed by atoms with E-state index in [4.69, 9.17) is 19.4 Å². The number of alkyl carbamates (subject to hydrolysis) is 1. The predicted molar refractivity (Wildman–Crippen MR) is 162 cm³/mol. The van der Waals surface area contributed by atoms with Crippen LogP contribution in [0.15, 0.2) is 42.7 Å². The number of pyridine rings is 2. The zero-order valence-electron chi connectivity index (χ0n) is 26.1. The fourth-order valence-electron chi connectivity index (χ4n) is 5.27. The molecule has 42 heavy (non-hydrogen) atoms. The normalized spacial score (nSPS) is 15.4. The second-order valence-electron chi connectivity index (χ2n) is 13.0. The molecular weight excluding hydrogens is 532 g/mol. The Morgan fingerprint density at radius 3 is 2.55 bits per heavy atom. The van der Waals surface area contributed by atoms with Gasteiger partial charge >= 0.3 is 12.2 Å². The zero-order valence-corrected chi connectivity index (χ0v) is 26.1. The highest BCUT2D eigenvalue weighted by Crippen LogP contribution is 2.33. The number of amides is 2. The van der Waals surface area contributed by atoms with Gasteiger partial charge in [-0.15, -0.1) is 0 Å². The van der Waals surface area contributed by atoms with Crippen molar-refractivity contribution in [2.24, 2.45) is 0 Å². The molecule has 0 saturated heterocycles. The largest absolute Gasteiger partial charge is 0.444 e. The number of aryl methyl sites for hydroxylation is 1. The molecule has 3 aromatic heterocycles. The second-order valence-corrected chi connectivity index (χ2v) is 13.0. The van der Waals surface area contributed by atoms with Crippen molar-refractivity contribution in [2.45, 2.75) is 97.6 Å². The van der Waals surface area contributed by atoms with E-state index < -0.39 is 23.4 Å². The number of nitrogens with zero attached hydrogens (tertiary/aromatic N) is 5. The molecule has 1 unspecified atom stereocenters. The summed E-state index contributed by atoms with van der Waals surface area (Å²) in [6, 6.07) is 10.3. The average Bonchev–Trinajstić information content (AvgIpc) is 3.24. The molecule has 1 atom stereocenters. The summed E-state index contributed by atoms with van der Waals surface area (Å²) >= 11 is 0. The fraction of sp³-hybridized carbons (Fsp3) is 0.562. The third-order valence-corrected chi connectivity index (χ3v) is 7.07. The molecule has 3 aromatic rings. The smallest absolute Gasteiger partial charge is 0.410 e. The van der Waals surface area contributed by atoms with Crippen molar-refractivity contribution in [3.05, 3.63) is 65.4 Å². The van der Waals surface area contributed by atoms with E-state index in [1.807, 2.05) is 82.6 Å². The monoisotopic (exact) mass is 578 g/mol. The standard InChI is InChI=1S/C32H46N6O4/c1-31(2,3)41-29(39)34-18-12-19-37(30(40)42-32(4,5)6)22-26-24(35-27-16-8-9-20-38(26)27)21-36(7)25-15-10-13-23-14-11-17-33-28(23)25/h8-9,11,14,16-17,20,25H,10,12-13,15,18-19,21-22H2,1-7H3,(H,34,39).